The molecule has 0 bridgehead atoms. The molecule has 0 spiro atoms. The van der Waals surface area contributed by atoms with Gasteiger partial charge in [-0.05, 0) is 25.7 Å². The van der Waals surface area contributed by atoms with Gasteiger partial charge in [-0.25, -0.2) is 0 Å². The van der Waals surface area contributed by atoms with Crippen LogP contribution in [-0.4, -0.2) is 0 Å². The van der Waals surface area contributed by atoms with Gasteiger partial charge in [0.1, 0.15) is 0 Å². The summed E-state index contributed by atoms with van der Waals surface area (Å²) in [6.45, 7) is 0. The average Bonchev–Trinajstić information content (AvgIpc) is 1.62. The third kappa shape index (κ3) is 10.7. The van der Waals surface area contributed by atoms with Gasteiger partial charge in [-0.15, -0.1) is 0 Å². The van der Waals surface area contributed by atoms with E-state index in [1.54, 1.807) is 0 Å². The van der Waals surface area contributed by atoms with Crippen molar-refractivity contribution in [3.8, 4) is 0 Å². The van der Waals surface area contributed by atoms with Crippen molar-refractivity contribution in [2.75, 3.05) is 0 Å². The third-order valence-electron chi connectivity index (χ3n) is 1.37. The van der Waals surface area contributed by atoms with E-state index in [2.05, 4.69) is 24.3 Å². The molecule has 0 aromatic rings. The molecule has 0 aromatic heterocycles. The minimum atomic E-state index is 0. The van der Waals surface area contributed by atoms with E-state index in [0.717, 1.165) is 0 Å². The molecule has 0 atom stereocenters. The second-order valence-electron chi connectivity index (χ2n) is 2.14. The molecule has 0 aliphatic heterocycles. The summed E-state index contributed by atoms with van der Waals surface area (Å²) in [4.78, 5) is 0. The van der Waals surface area contributed by atoms with Crippen molar-refractivity contribution in [2.45, 2.75) is 25.7 Å². The second-order valence-corrected chi connectivity index (χ2v) is 2.14. The minimum Gasteiger partial charge on any atom is -1.00 e. The van der Waals surface area contributed by atoms with Gasteiger partial charge < -0.3 is 24.8 Å². The minimum absolute atomic E-state index is 0. The van der Waals surface area contributed by atoms with Gasteiger partial charge in [-0.3, -0.25) is 0 Å². The summed E-state index contributed by atoms with van der Waals surface area (Å²) >= 11 is 0. The largest absolute Gasteiger partial charge is 2.00 e. The molecular formula is C8H12Cl2Ru. The van der Waals surface area contributed by atoms with Crippen molar-refractivity contribution >= 4 is 0 Å². The zero-order valence-electron chi connectivity index (χ0n) is 6.25. The predicted molar refractivity (Wildman–Crippen MR) is 36.7 cm³/mol. The molecule has 11 heavy (non-hydrogen) atoms. The van der Waals surface area contributed by atoms with Gasteiger partial charge in [0.15, 0.2) is 0 Å². The fourth-order valence-electron chi connectivity index (χ4n) is 0.874. The monoisotopic (exact) mass is 280 g/mol. The summed E-state index contributed by atoms with van der Waals surface area (Å²) in [6.07, 6.45) is 14.0. The van der Waals surface area contributed by atoms with Gasteiger partial charge in [-0.2, -0.15) is 0 Å². The van der Waals surface area contributed by atoms with Crippen LogP contribution in [0.4, 0.5) is 0 Å². The summed E-state index contributed by atoms with van der Waals surface area (Å²) in [6, 6.07) is 0. The van der Waals surface area contributed by atoms with Gasteiger partial charge in [0.2, 0.25) is 0 Å². The smallest absolute Gasteiger partial charge is 1.00 e. The van der Waals surface area contributed by atoms with Crippen molar-refractivity contribution in [3.05, 3.63) is 24.3 Å². The number of allylic oxidation sites excluding steroid dienone is 4. The van der Waals surface area contributed by atoms with Crippen LogP contribution in [0.15, 0.2) is 24.3 Å². The second kappa shape index (κ2) is 13.3. The van der Waals surface area contributed by atoms with E-state index >= 15 is 0 Å². The topological polar surface area (TPSA) is 0 Å². The normalized spacial score (nSPS) is 14.5. The molecule has 0 saturated heterocycles. The van der Waals surface area contributed by atoms with E-state index in [0.29, 0.717) is 0 Å². The summed E-state index contributed by atoms with van der Waals surface area (Å²) in [5.41, 5.74) is 0. The van der Waals surface area contributed by atoms with E-state index < -0.39 is 0 Å². The van der Waals surface area contributed by atoms with Gasteiger partial charge in [0.05, 0.1) is 0 Å². The Bertz CT molecular complexity index is 96.7. The van der Waals surface area contributed by atoms with Crippen LogP contribution in [0.3, 0.4) is 0 Å². The first-order valence-corrected chi connectivity index (χ1v) is 3.32. The van der Waals surface area contributed by atoms with Crippen LogP contribution in [0.2, 0.25) is 0 Å². The molecule has 0 radical (unpaired) electrons. The van der Waals surface area contributed by atoms with Gasteiger partial charge in [0.25, 0.3) is 0 Å². The molecule has 0 aromatic carbocycles. The first-order valence-electron chi connectivity index (χ1n) is 3.32. The first-order chi connectivity index (χ1) is 4.00. The van der Waals surface area contributed by atoms with Crippen molar-refractivity contribution in [3.63, 3.8) is 0 Å². The van der Waals surface area contributed by atoms with E-state index in [9.17, 15) is 0 Å². The SMILES string of the molecule is C1=CCCCCC=C1.[Cl-].[Cl-].[Ru+2]. The first kappa shape index (κ1) is 17.7. The van der Waals surface area contributed by atoms with Crippen LogP contribution in [0, 0.1) is 0 Å². The summed E-state index contributed by atoms with van der Waals surface area (Å²) < 4.78 is 0. The molecule has 0 heterocycles. The molecule has 66 valence electrons. The van der Waals surface area contributed by atoms with Crippen molar-refractivity contribution in [2.24, 2.45) is 0 Å². The summed E-state index contributed by atoms with van der Waals surface area (Å²) in [7, 11) is 0. The van der Waals surface area contributed by atoms with Crippen molar-refractivity contribution in [1.82, 2.24) is 0 Å². The maximum atomic E-state index is 2.23. The fraction of sp³-hybridized carbons (Fsp3) is 0.500. The van der Waals surface area contributed by atoms with Crippen LogP contribution in [0.25, 0.3) is 0 Å². The maximum Gasteiger partial charge on any atom is 2.00 e. The van der Waals surface area contributed by atoms with Gasteiger partial charge >= 0.3 is 19.5 Å². The van der Waals surface area contributed by atoms with Crippen LogP contribution < -0.4 is 24.8 Å². The molecular weight excluding hydrogens is 268 g/mol. The average molecular weight is 280 g/mol. The van der Waals surface area contributed by atoms with Crippen molar-refractivity contribution < 1.29 is 44.3 Å². The number of hydrogen-bond acceptors (Lipinski definition) is 0. The van der Waals surface area contributed by atoms with Gasteiger partial charge in [-0.1, -0.05) is 24.3 Å². The maximum absolute atomic E-state index is 2.23. The third-order valence-corrected chi connectivity index (χ3v) is 1.37. The Labute approximate surface area is 94.1 Å². The summed E-state index contributed by atoms with van der Waals surface area (Å²) in [5.74, 6) is 0. The zero-order valence-corrected chi connectivity index (χ0v) is 9.50. The van der Waals surface area contributed by atoms with Crippen molar-refractivity contribution in [1.29, 1.82) is 0 Å². The van der Waals surface area contributed by atoms with E-state index in [1.165, 1.54) is 25.7 Å². The Kier molecular flexibility index (Phi) is 21.4. The Hall–Kier alpha value is 0.683. The van der Waals surface area contributed by atoms with Crippen LogP contribution in [0.1, 0.15) is 25.7 Å². The van der Waals surface area contributed by atoms with E-state index in [4.69, 9.17) is 0 Å². The fourth-order valence-corrected chi connectivity index (χ4v) is 0.874. The number of hydrogen-bond donors (Lipinski definition) is 0. The quantitative estimate of drug-likeness (QED) is 0.407. The Morgan fingerprint density at radius 3 is 1.45 bits per heavy atom. The molecule has 0 N–H and O–H groups in total. The molecule has 0 unspecified atom stereocenters. The Morgan fingerprint density at radius 1 is 0.727 bits per heavy atom. The molecule has 1 aliphatic rings. The number of rotatable bonds is 0. The molecule has 0 fully saturated rings. The molecule has 1 aliphatic carbocycles. The summed E-state index contributed by atoms with van der Waals surface area (Å²) in [5, 5.41) is 0. The molecule has 0 saturated carbocycles. The van der Waals surface area contributed by atoms with E-state index in [-0.39, 0.29) is 44.3 Å². The predicted octanol–water partition coefficient (Wildman–Crippen LogP) is -3.32. The van der Waals surface area contributed by atoms with Gasteiger partial charge in [0, 0.05) is 0 Å². The molecule has 0 nitrogen and oxygen atoms in total. The van der Waals surface area contributed by atoms with E-state index in [1.807, 2.05) is 0 Å². The number of halogens is 2. The Morgan fingerprint density at radius 2 is 1.09 bits per heavy atom. The standard InChI is InChI=1S/C8H12.2ClH.Ru/c1-2-4-6-8-7-5-3-1;;;/h1-4H,5-8H2;2*1H;/q;;;+2/p-2. The molecule has 1 rings (SSSR count). The molecule has 3 heteroatoms. The zero-order chi connectivity index (χ0) is 5.66. The Balaban J connectivity index is -0.000000213. The van der Waals surface area contributed by atoms with Crippen LogP contribution >= 0.6 is 0 Å². The van der Waals surface area contributed by atoms with Crippen LogP contribution in [0.5, 0.6) is 0 Å². The molecule has 0 amide bonds. The van der Waals surface area contributed by atoms with Crippen LogP contribution in [-0.2, 0) is 19.5 Å².